The van der Waals surface area contributed by atoms with Crippen molar-refractivity contribution in [3.63, 3.8) is 0 Å². The molecule has 1 heterocycles. The third-order valence-electron chi connectivity index (χ3n) is 2.24. The molecule has 82 valence electrons. The molecule has 0 amide bonds. The molecule has 4 heteroatoms. The Balaban J connectivity index is 2.02. The summed E-state index contributed by atoms with van der Waals surface area (Å²) >= 11 is 3.34. The summed E-state index contributed by atoms with van der Waals surface area (Å²) in [6.45, 7) is 0.682. The number of halogens is 1. The number of nitrogens with one attached hydrogen (secondary N) is 1. The lowest BCUT2D eigenvalue weighted by atomic mass is 10.2. The molecule has 3 N–H and O–H groups in total. The van der Waals surface area contributed by atoms with Gasteiger partial charge < -0.3 is 11.1 Å². The second-order valence-electron chi connectivity index (χ2n) is 3.41. The third kappa shape index (κ3) is 2.73. The summed E-state index contributed by atoms with van der Waals surface area (Å²) in [6, 6.07) is 11.7. The van der Waals surface area contributed by atoms with Gasteiger partial charge in [0, 0.05) is 22.9 Å². The molecule has 2 aromatic rings. The number of nitrogen functional groups attached to an aromatic ring is 1. The second-order valence-corrected chi connectivity index (χ2v) is 4.33. The Morgan fingerprint density at radius 3 is 2.69 bits per heavy atom. The fourth-order valence-electron chi connectivity index (χ4n) is 1.36. The van der Waals surface area contributed by atoms with Gasteiger partial charge >= 0.3 is 0 Å². The highest BCUT2D eigenvalue weighted by atomic mass is 79.9. The van der Waals surface area contributed by atoms with Crippen LogP contribution in [0.4, 0.5) is 11.5 Å². The Bertz CT molecular complexity index is 468. The van der Waals surface area contributed by atoms with Crippen molar-refractivity contribution >= 4 is 27.4 Å². The van der Waals surface area contributed by atoms with Crippen LogP contribution in [0.5, 0.6) is 0 Å². The SMILES string of the molecule is Nc1ccccc1CNc1ccc(Br)cn1. The predicted molar refractivity (Wildman–Crippen MR) is 70.1 cm³/mol. The summed E-state index contributed by atoms with van der Waals surface area (Å²) in [7, 11) is 0. The van der Waals surface area contributed by atoms with E-state index in [9.17, 15) is 0 Å². The molecule has 0 saturated carbocycles. The van der Waals surface area contributed by atoms with Crippen LogP contribution in [-0.4, -0.2) is 4.98 Å². The first-order valence-electron chi connectivity index (χ1n) is 4.94. The maximum absolute atomic E-state index is 5.84. The molecule has 2 rings (SSSR count). The molecule has 0 unspecified atom stereocenters. The topological polar surface area (TPSA) is 50.9 Å². The van der Waals surface area contributed by atoms with Crippen LogP contribution < -0.4 is 11.1 Å². The van der Waals surface area contributed by atoms with Gasteiger partial charge in [-0.15, -0.1) is 0 Å². The average molecular weight is 278 g/mol. The Labute approximate surface area is 103 Å². The first kappa shape index (κ1) is 11.0. The Kier molecular flexibility index (Phi) is 3.41. The number of nitrogens with two attached hydrogens (primary N) is 1. The molecule has 0 radical (unpaired) electrons. The molecule has 0 atom stereocenters. The number of anilines is 2. The molecule has 0 aliphatic rings. The fourth-order valence-corrected chi connectivity index (χ4v) is 1.60. The molecule has 1 aromatic heterocycles. The highest BCUT2D eigenvalue weighted by molar-refractivity contribution is 9.10. The molecule has 0 spiro atoms. The normalized spacial score (nSPS) is 10.1. The van der Waals surface area contributed by atoms with Crippen LogP contribution in [0.2, 0.25) is 0 Å². The molecule has 0 aliphatic carbocycles. The van der Waals surface area contributed by atoms with Gasteiger partial charge in [-0.05, 0) is 39.7 Å². The number of benzene rings is 1. The van der Waals surface area contributed by atoms with Crippen molar-refractivity contribution < 1.29 is 0 Å². The van der Waals surface area contributed by atoms with E-state index in [0.717, 1.165) is 21.5 Å². The number of para-hydroxylation sites is 1. The fraction of sp³-hybridized carbons (Fsp3) is 0.0833. The maximum Gasteiger partial charge on any atom is 0.126 e. The van der Waals surface area contributed by atoms with Gasteiger partial charge in [-0.2, -0.15) is 0 Å². The minimum absolute atomic E-state index is 0.682. The summed E-state index contributed by atoms with van der Waals surface area (Å²) in [4.78, 5) is 4.22. The molecule has 3 nitrogen and oxygen atoms in total. The van der Waals surface area contributed by atoms with Crippen molar-refractivity contribution in [2.24, 2.45) is 0 Å². The number of rotatable bonds is 3. The minimum atomic E-state index is 0.682. The first-order chi connectivity index (χ1) is 7.75. The van der Waals surface area contributed by atoms with E-state index in [0.29, 0.717) is 6.54 Å². The average Bonchev–Trinajstić information content (AvgIpc) is 2.30. The van der Waals surface area contributed by atoms with E-state index in [-0.39, 0.29) is 0 Å². The van der Waals surface area contributed by atoms with E-state index in [2.05, 4.69) is 26.2 Å². The van der Waals surface area contributed by atoms with Crippen molar-refractivity contribution in [1.82, 2.24) is 4.98 Å². The number of hydrogen-bond acceptors (Lipinski definition) is 3. The Morgan fingerprint density at radius 2 is 2.00 bits per heavy atom. The molecule has 0 bridgehead atoms. The van der Waals surface area contributed by atoms with Gasteiger partial charge in [0.1, 0.15) is 5.82 Å². The largest absolute Gasteiger partial charge is 0.398 e. The lowest BCUT2D eigenvalue weighted by molar-refractivity contribution is 1.11. The van der Waals surface area contributed by atoms with Gasteiger partial charge in [0.15, 0.2) is 0 Å². The lowest BCUT2D eigenvalue weighted by Gasteiger charge is -2.07. The number of nitrogens with zero attached hydrogens (tertiary/aromatic N) is 1. The molecular weight excluding hydrogens is 266 g/mol. The third-order valence-corrected chi connectivity index (χ3v) is 2.71. The van der Waals surface area contributed by atoms with Gasteiger partial charge in [0.05, 0.1) is 0 Å². The zero-order valence-electron chi connectivity index (χ0n) is 8.65. The number of hydrogen-bond donors (Lipinski definition) is 2. The zero-order valence-corrected chi connectivity index (χ0v) is 10.2. The summed E-state index contributed by atoms with van der Waals surface area (Å²) in [5.41, 5.74) is 7.72. The number of aromatic nitrogens is 1. The van der Waals surface area contributed by atoms with Crippen LogP contribution in [0.1, 0.15) is 5.56 Å². The second kappa shape index (κ2) is 4.99. The molecular formula is C12H12BrN3. The highest BCUT2D eigenvalue weighted by Gasteiger charge is 1.98. The van der Waals surface area contributed by atoms with E-state index in [1.54, 1.807) is 6.20 Å². The van der Waals surface area contributed by atoms with Crippen LogP contribution in [0, 0.1) is 0 Å². The molecule has 16 heavy (non-hydrogen) atoms. The smallest absolute Gasteiger partial charge is 0.126 e. The molecule has 1 aromatic carbocycles. The standard InChI is InChI=1S/C12H12BrN3/c13-10-5-6-12(16-8-10)15-7-9-3-1-2-4-11(9)14/h1-6,8H,7,14H2,(H,15,16). The summed E-state index contributed by atoms with van der Waals surface area (Å²) in [5.74, 6) is 0.839. The van der Waals surface area contributed by atoms with E-state index < -0.39 is 0 Å². The van der Waals surface area contributed by atoms with Gasteiger partial charge in [0.2, 0.25) is 0 Å². The number of pyridine rings is 1. The maximum atomic E-state index is 5.84. The van der Waals surface area contributed by atoms with E-state index >= 15 is 0 Å². The van der Waals surface area contributed by atoms with Crippen LogP contribution in [-0.2, 0) is 6.54 Å². The summed E-state index contributed by atoms with van der Waals surface area (Å²) in [6.07, 6.45) is 1.76. The van der Waals surface area contributed by atoms with Gasteiger partial charge in [-0.25, -0.2) is 4.98 Å². The van der Waals surface area contributed by atoms with Crippen LogP contribution >= 0.6 is 15.9 Å². The lowest BCUT2D eigenvalue weighted by Crippen LogP contribution is -2.03. The van der Waals surface area contributed by atoms with Gasteiger partial charge in [-0.1, -0.05) is 18.2 Å². The Morgan fingerprint density at radius 1 is 1.19 bits per heavy atom. The van der Waals surface area contributed by atoms with Crippen molar-refractivity contribution in [3.05, 3.63) is 52.6 Å². The molecule has 0 aliphatic heterocycles. The Hall–Kier alpha value is -1.55. The van der Waals surface area contributed by atoms with Crippen LogP contribution in [0.25, 0.3) is 0 Å². The van der Waals surface area contributed by atoms with Crippen molar-refractivity contribution in [2.45, 2.75) is 6.54 Å². The molecule has 0 fully saturated rings. The summed E-state index contributed by atoms with van der Waals surface area (Å²) in [5, 5.41) is 3.22. The zero-order chi connectivity index (χ0) is 11.4. The minimum Gasteiger partial charge on any atom is -0.398 e. The van der Waals surface area contributed by atoms with Crippen molar-refractivity contribution in [1.29, 1.82) is 0 Å². The predicted octanol–water partition coefficient (Wildman–Crippen LogP) is 3.04. The van der Waals surface area contributed by atoms with Crippen LogP contribution in [0.3, 0.4) is 0 Å². The molecule has 0 saturated heterocycles. The van der Waals surface area contributed by atoms with E-state index in [1.165, 1.54) is 0 Å². The van der Waals surface area contributed by atoms with Crippen molar-refractivity contribution in [3.8, 4) is 0 Å². The van der Waals surface area contributed by atoms with Crippen LogP contribution in [0.15, 0.2) is 47.1 Å². The van der Waals surface area contributed by atoms with Gasteiger partial charge in [-0.3, -0.25) is 0 Å². The highest BCUT2D eigenvalue weighted by Crippen LogP contribution is 2.14. The van der Waals surface area contributed by atoms with E-state index in [1.807, 2.05) is 36.4 Å². The van der Waals surface area contributed by atoms with E-state index in [4.69, 9.17) is 5.73 Å². The monoisotopic (exact) mass is 277 g/mol. The van der Waals surface area contributed by atoms with Crippen molar-refractivity contribution in [2.75, 3.05) is 11.1 Å². The van der Waals surface area contributed by atoms with Gasteiger partial charge in [0.25, 0.3) is 0 Å². The first-order valence-corrected chi connectivity index (χ1v) is 5.74. The summed E-state index contributed by atoms with van der Waals surface area (Å²) < 4.78 is 0.970. The quantitative estimate of drug-likeness (QED) is 0.848.